The van der Waals surface area contributed by atoms with Gasteiger partial charge >= 0.3 is 0 Å². The first-order valence-electron chi connectivity index (χ1n) is 3.70. The molecule has 1 heteroatoms. The summed E-state index contributed by atoms with van der Waals surface area (Å²) < 4.78 is 0. The van der Waals surface area contributed by atoms with Crippen molar-refractivity contribution in [1.82, 2.24) is 0 Å². The normalized spacial score (nSPS) is 18.0. The van der Waals surface area contributed by atoms with Crippen LogP contribution in [0, 0.1) is 5.92 Å². The third-order valence-corrected chi connectivity index (χ3v) is 1.61. The molecule has 0 fully saturated rings. The summed E-state index contributed by atoms with van der Waals surface area (Å²) in [5, 5.41) is 9.49. The molecular formula is C8H18O. The van der Waals surface area contributed by atoms with E-state index < -0.39 is 5.60 Å². The van der Waals surface area contributed by atoms with Crippen molar-refractivity contribution in [2.75, 3.05) is 0 Å². The maximum Gasteiger partial charge on any atom is 0.0619 e. The highest BCUT2D eigenvalue weighted by atomic mass is 16.3. The Labute approximate surface area is 58.1 Å². The maximum atomic E-state index is 9.49. The van der Waals surface area contributed by atoms with Crippen molar-refractivity contribution >= 4 is 0 Å². The molecule has 0 aromatic rings. The van der Waals surface area contributed by atoms with Crippen molar-refractivity contribution in [3.63, 3.8) is 0 Å². The number of hydrogen-bond acceptors (Lipinski definition) is 1. The van der Waals surface area contributed by atoms with E-state index in [-0.39, 0.29) is 0 Å². The summed E-state index contributed by atoms with van der Waals surface area (Å²) in [5.41, 5.74) is -0.436. The molecule has 0 radical (unpaired) electrons. The minimum absolute atomic E-state index is 0.436. The van der Waals surface area contributed by atoms with E-state index in [1.54, 1.807) is 0 Å². The lowest BCUT2D eigenvalue weighted by Crippen LogP contribution is -2.24. The first kappa shape index (κ1) is 8.96. The molecule has 0 aliphatic heterocycles. The smallest absolute Gasteiger partial charge is 0.0619 e. The maximum absolute atomic E-state index is 9.49. The van der Waals surface area contributed by atoms with Gasteiger partial charge in [0.25, 0.3) is 0 Å². The van der Waals surface area contributed by atoms with Crippen molar-refractivity contribution in [2.45, 2.75) is 46.1 Å². The lowest BCUT2D eigenvalue weighted by molar-refractivity contribution is 0.0347. The quantitative estimate of drug-likeness (QED) is 0.621. The van der Waals surface area contributed by atoms with Gasteiger partial charge in [-0.05, 0) is 25.7 Å². The molecule has 0 spiro atoms. The minimum atomic E-state index is -0.436. The molecule has 0 rings (SSSR count). The fraction of sp³-hybridized carbons (Fsp3) is 1.00. The molecule has 1 nitrogen and oxygen atoms in total. The second-order valence-corrected chi connectivity index (χ2v) is 3.45. The van der Waals surface area contributed by atoms with Crippen LogP contribution in [0.1, 0.15) is 40.5 Å². The third-order valence-electron chi connectivity index (χ3n) is 1.61. The standard InChI is InChI=1S/C8H18O/c1-5-8(4,9)6-7(2)3/h7,9H,5-6H2,1-4H3/t8-/m1/s1. The van der Waals surface area contributed by atoms with E-state index in [0.717, 1.165) is 12.8 Å². The van der Waals surface area contributed by atoms with Gasteiger partial charge in [0.15, 0.2) is 0 Å². The minimum Gasteiger partial charge on any atom is -0.390 e. The van der Waals surface area contributed by atoms with Crippen molar-refractivity contribution in [3.8, 4) is 0 Å². The fourth-order valence-electron chi connectivity index (χ4n) is 1.02. The van der Waals surface area contributed by atoms with E-state index >= 15 is 0 Å². The molecule has 0 amide bonds. The van der Waals surface area contributed by atoms with Crippen LogP contribution in [0.4, 0.5) is 0 Å². The van der Waals surface area contributed by atoms with Crippen LogP contribution in [-0.2, 0) is 0 Å². The summed E-state index contributed by atoms with van der Waals surface area (Å²) in [6.07, 6.45) is 1.76. The predicted molar refractivity (Wildman–Crippen MR) is 40.4 cm³/mol. The van der Waals surface area contributed by atoms with Gasteiger partial charge < -0.3 is 5.11 Å². The first-order valence-corrected chi connectivity index (χ1v) is 3.70. The molecule has 0 bridgehead atoms. The molecule has 1 atom stereocenters. The topological polar surface area (TPSA) is 20.2 Å². The van der Waals surface area contributed by atoms with E-state index in [4.69, 9.17) is 0 Å². The summed E-state index contributed by atoms with van der Waals surface area (Å²) in [6, 6.07) is 0. The van der Waals surface area contributed by atoms with Crippen LogP contribution in [-0.4, -0.2) is 10.7 Å². The Morgan fingerprint density at radius 2 is 1.89 bits per heavy atom. The van der Waals surface area contributed by atoms with Crippen LogP contribution in [0.15, 0.2) is 0 Å². The second-order valence-electron chi connectivity index (χ2n) is 3.45. The molecule has 0 saturated carbocycles. The van der Waals surface area contributed by atoms with Gasteiger partial charge in [0.05, 0.1) is 5.60 Å². The van der Waals surface area contributed by atoms with Crippen molar-refractivity contribution in [3.05, 3.63) is 0 Å². The van der Waals surface area contributed by atoms with Crippen LogP contribution >= 0.6 is 0 Å². The highest BCUT2D eigenvalue weighted by Crippen LogP contribution is 2.18. The van der Waals surface area contributed by atoms with Crippen molar-refractivity contribution in [2.24, 2.45) is 5.92 Å². The van der Waals surface area contributed by atoms with E-state index in [1.165, 1.54) is 0 Å². The SMILES string of the molecule is CC[C@@](C)(O)CC(C)C. The van der Waals surface area contributed by atoms with Gasteiger partial charge in [0, 0.05) is 0 Å². The van der Waals surface area contributed by atoms with Crippen LogP contribution in [0.25, 0.3) is 0 Å². The predicted octanol–water partition coefficient (Wildman–Crippen LogP) is 2.19. The van der Waals surface area contributed by atoms with Crippen LogP contribution in [0.3, 0.4) is 0 Å². The van der Waals surface area contributed by atoms with E-state index in [1.807, 2.05) is 13.8 Å². The van der Waals surface area contributed by atoms with E-state index in [2.05, 4.69) is 13.8 Å². The summed E-state index contributed by atoms with van der Waals surface area (Å²) >= 11 is 0. The third kappa shape index (κ3) is 4.46. The first-order chi connectivity index (χ1) is 3.98. The van der Waals surface area contributed by atoms with Gasteiger partial charge in [0.1, 0.15) is 0 Å². The zero-order chi connectivity index (χ0) is 7.49. The van der Waals surface area contributed by atoms with Gasteiger partial charge in [0.2, 0.25) is 0 Å². The highest BCUT2D eigenvalue weighted by Gasteiger charge is 2.18. The largest absolute Gasteiger partial charge is 0.390 e. The van der Waals surface area contributed by atoms with Crippen molar-refractivity contribution in [1.29, 1.82) is 0 Å². The Bertz CT molecular complexity index is 74.6. The molecule has 0 aliphatic rings. The molecule has 0 aromatic carbocycles. The highest BCUT2D eigenvalue weighted by molar-refractivity contribution is 4.71. The Morgan fingerprint density at radius 1 is 1.44 bits per heavy atom. The van der Waals surface area contributed by atoms with Gasteiger partial charge in [-0.3, -0.25) is 0 Å². The fourth-order valence-corrected chi connectivity index (χ4v) is 1.02. The average molecular weight is 130 g/mol. The molecule has 1 N–H and O–H groups in total. The van der Waals surface area contributed by atoms with Gasteiger partial charge in [-0.15, -0.1) is 0 Å². The number of rotatable bonds is 3. The summed E-state index contributed by atoms with van der Waals surface area (Å²) in [6.45, 7) is 8.17. The van der Waals surface area contributed by atoms with Gasteiger partial charge in [-0.2, -0.15) is 0 Å². The lowest BCUT2D eigenvalue weighted by Gasteiger charge is -2.22. The van der Waals surface area contributed by atoms with E-state index in [0.29, 0.717) is 5.92 Å². The molecule has 0 aliphatic carbocycles. The Morgan fingerprint density at radius 3 is 2.00 bits per heavy atom. The monoisotopic (exact) mass is 130 g/mol. The molecule has 0 unspecified atom stereocenters. The second kappa shape index (κ2) is 3.21. The zero-order valence-corrected chi connectivity index (χ0v) is 6.94. The van der Waals surface area contributed by atoms with Crippen LogP contribution in [0.5, 0.6) is 0 Å². The molecule has 0 heterocycles. The number of hydrogen-bond donors (Lipinski definition) is 1. The Kier molecular flexibility index (Phi) is 3.20. The van der Waals surface area contributed by atoms with Gasteiger partial charge in [-0.25, -0.2) is 0 Å². The molecular weight excluding hydrogens is 112 g/mol. The van der Waals surface area contributed by atoms with Crippen LogP contribution in [0.2, 0.25) is 0 Å². The molecule has 0 saturated heterocycles. The van der Waals surface area contributed by atoms with E-state index in [9.17, 15) is 5.11 Å². The lowest BCUT2D eigenvalue weighted by atomic mass is 9.92. The zero-order valence-electron chi connectivity index (χ0n) is 6.94. The molecule has 56 valence electrons. The Balaban J connectivity index is 3.58. The van der Waals surface area contributed by atoms with Crippen LogP contribution < -0.4 is 0 Å². The molecule has 9 heavy (non-hydrogen) atoms. The summed E-state index contributed by atoms with van der Waals surface area (Å²) in [4.78, 5) is 0. The summed E-state index contributed by atoms with van der Waals surface area (Å²) in [7, 11) is 0. The molecule has 0 aromatic heterocycles. The summed E-state index contributed by atoms with van der Waals surface area (Å²) in [5.74, 6) is 0.597. The number of aliphatic hydroxyl groups is 1. The van der Waals surface area contributed by atoms with Gasteiger partial charge in [-0.1, -0.05) is 20.8 Å². The Hall–Kier alpha value is -0.0400. The van der Waals surface area contributed by atoms with Crippen molar-refractivity contribution < 1.29 is 5.11 Å². The average Bonchev–Trinajstić information content (AvgIpc) is 1.63.